The van der Waals surface area contributed by atoms with Gasteiger partial charge in [0, 0.05) is 13.1 Å². The first kappa shape index (κ1) is 17.4. The van der Waals surface area contributed by atoms with Gasteiger partial charge in [-0.2, -0.15) is 0 Å². The zero-order valence-corrected chi connectivity index (χ0v) is 13.8. The van der Waals surface area contributed by atoms with Crippen molar-refractivity contribution in [1.82, 2.24) is 5.32 Å². The van der Waals surface area contributed by atoms with Gasteiger partial charge in [0.15, 0.2) is 5.60 Å². The second kappa shape index (κ2) is 6.64. The van der Waals surface area contributed by atoms with Crippen LogP contribution in [0.15, 0.2) is 12.1 Å². The zero-order chi connectivity index (χ0) is 17.2. The molecule has 0 aromatic heterocycles. The molecule has 23 heavy (non-hydrogen) atoms. The summed E-state index contributed by atoms with van der Waals surface area (Å²) in [5.74, 6) is -1.14. The van der Waals surface area contributed by atoms with E-state index in [1.165, 1.54) is 33.0 Å². The van der Waals surface area contributed by atoms with Gasteiger partial charge >= 0.3 is 5.97 Å². The summed E-state index contributed by atoms with van der Waals surface area (Å²) in [6.45, 7) is 3.69. The SMILES string of the molecule is CNC(=O)c1cc(Cl)c(OC(C)(C)C(=O)O)cc1OCC1CO1. The summed E-state index contributed by atoms with van der Waals surface area (Å²) in [5.41, 5.74) is -1.24. The van der Waals surface area contributed by atoms with Gasteiger partial charge in [-0.3, -0.25) is 4.79 Å². The predicted molar refractivity (Wildman–Crippen MR) is 82.4 cm³/mol. The lowest BCUT2D eigenvalue weighted by Gasteiger charge is -2.23. The number of aliphatic carboxylic acids is 1. The Bertz CT molecular complexity index is 627. The summed E-state index contributed by atoms with van der Waals surface area (Å²) < 4.78 is 16.1. The van der Waals surface area contributed by atoms with Crippen molar-refractivity contribution in [3.05, 3.63) is 22.7 Å². The number of carboxylic acid groups (broad SMARTS) is 1. The van der Waals surface area contributed by atoms with E-state index in [2.05, 4.69) is 5.32 Å². The second-order valence-electron chi connectivity index (χ2n) is 5.54. The molecule has 0 saturated carbocycles. The van der Waals surface area contributed by atoms with Crippen LogP contribution in [0.25, 0.3) is 0 Å². The molecule has 0 radical (unpaired) electrons. The maximum absolute atomic E-state index is 11.9. The molecule has 2 N–H and O–H groups in total. The Morgan fingerprint density at radius 3 is 2.61 bits per heavy atom. The minimum atomic E-state index is -1.48. The first-order valence-corrected chi connectivity index (χ1v) is 7.35. The number of amides is 1. The van der Waals surface area contributed by atoms with Crippen LogP contribution < -0.4 is 14.8 Å². The van der Waals surface area contributed by atoms with Crippen molar-refractivity contribution in [2.45, 2.75) is 25.6 Å². The lowest BCUT2D eigenvalue weighted by atomic mass is 10.1. The van der Waals surface area contributed by atoms with E-state index in [0.717, 1.165) is 0 Å². The van der Waals surface area contributed by atoms with Gasteiger partial charge in [0.05, 0.1) is 17.2 Å². The number of nitrogens with one attached hydrogen (secondary N) is 1. The van der Waals surface area contributed by atoms with Crippen LogP contribution in [0, 0.1) is 0 Å². The quantitative estimate of drug-likeness (QED) is 0.732. The highest BCUT2D eigenvalue weighted by Gasteiger charge is 2.31. The number of epoxide rings is 1. The number of ether oxygens (including phenoxy) is 3. The van der Waals surface area contributed by atoms with Crippen molar-refractivity contribution in [1.29, 1.82) is 0 Å². The first-order valence-electron chi connectivity index (χ1n) is 6.97. The third-order valence-electron chi connectivity index (χ3n) is 3.21. The number of halogens is 1. The highest BCUT2D eigenvalue weighted by atomic mass is 35.5. The van der Waals surface area contributed by atoms with Crippen molar-refractivity contribution >= 4 is 23.5 Å². The number of rotatable bonds is 7. The minimum absolute atomic E-state index is 0.00282. The van der Waals surface area contributed by atoms with E-state index in [1.807, 2.05) is 0 Å². The van der Waals surface area contributed by atoms with Gasteiger partial charge in [0.1, 0.15) is 24.2 Å². The Balaban J connectivity index is 2.33. The molecule has 1 aliphatic rings. The Morgan fingerprint density at radius 2 is 2.09 bits per heavy atom. The first-order chi connectivity index (χ1) is 10.7. The highest BCUT2D eigenvalue weighted by molar-refractivity contribution is 6.32. The number of hydrogen-bond donors (Lipinski definition) is 2. The Labute approximate surface area is 138 Å². The summed E-state index contributed by atoms with van der Waals surface area (Å²) in [6, 6.07) is 2.80. The summed E-state index contributed by atoms with van der Waals surface area (Å²) >= 11 is 6.11. The average molecular weight is 344 g/mol. The molecule has 1 heterocycles. The van der Waals surface area contributed by atoms with Gasteiger partial charge in [0.2, 0.25) is 0 Å². The number of benzene rings is 1. The van der Waals surface area contributed by atoms with E-state index in [0.29, 0.717) is 6.61 Å². The van der Waals surface area contributed by atoms with E-state index in [9.17, 15) is 9.59 Å². The molecule has 1 fully saturated rings. The molecule has 1 amide bonds. The lowest BCUT2D eigenvalue weighted by molar-refractivity contribution is -0.152. The molecule has 126 valence electrons. The van der Waals surface area contributed by atoms with E-state index >= 15 is 0 Å². The van der Waals surface area contributed by atoms with Crippen molar-refractivity contribution < 1.29 is 28.9 Å². The van der Waals surface area contributed by atoms with Crippen LogP contribution in [-0.4, -0.2) is 48.9 Å². The van der Waals surface area contributed by atoms with Crippen LogP contribution in [0.4, 0.5) is 0 Å². The predicted octanol–water partition coefficient (Wildman–Crippen LogP) is 1.72. The van der Waals surface area contributed by atoms with Crippen LogP contribution in [0.2, 0.25) is 5.02 Å². The maximum Gasteiger partial charge on any atom is 0.347 e. The monoisotopic (exact) mass is 343 g/mol. The molecule has 7 nitrogen and oxygen atoms in total. The minimum Gasteiger partial charge on any atom is -0.490 e. The fraction of sp³-hybridized carbons (Fsp3) is 0.467. The summed E-state index contributed by atoms with van der Waals surface area (Å²) in [4.78, 5) is 23.1. The second-order valence-corrected chi connectivity index (χ2v) is 5.95. The van der Waals surface area contributed by atoms with Crippen LogP contribution in [0.1, 0.15) is 24.2 Å². The molecule has 1 unspecified atom stereocenters. The van der Waals surface area contributed by atoms with Crippen molar-refractivity contribution in [2.75, 3.05) is 20.3 Å². The standard InChI is InChI=1S/C15H18ClNO6/c1-15(2,14(19)20)23-12-5-11(22-7-8-6-21-8)9(4-10(12)16)13(18)17-3/h4-5,8H,6-7H2,1-3H3,(H,17,18)(H,19,20). The molecular weight excluding hydrogens is 326 g/mol. The number of carboxylic acids is 1. The lowest BCUT2D eigenvalue weighted by Crippen LogP contribution is -2.38. The van der Waals surface area contributed by atoms with Gasteiger partial charge in [-0.25, -0.2) is 4.79 Å². The van der Waals surface area contributed by atoms with Crippen molar-refractivity contribution in [3.8, 4) is 11.5 Å². The molecule has 1 atom stereocenters. The third kappa shape index (κ3) is 4.27. The molecule has 1 aliphatic heterocycles. The number of carbonyl (C=O) groups is 2. The van der Waals surface area contributed by atoms with E-state index in [1.54, 1.807) is 0 Å². The molecule has 1 saturated heterocycles. The van der Waals surface area contributed by atoms with Gasteiger partial charge < -0.3 is 24.6 Å². The fourth-order valence-corrected chi connectivity index (χ4v) is 1.91. The van der Waals surface area contributed by atoms with Gasteiger partial charge in [-0.15, -0.1) is 0 Å². The molecule has 0 spiro atoms. The van der Waals surface area contributed by atoms with Gasteiger partial charge in [-0.05, 0) is 19.9 Å². The third-order valence-corrected chi connectivity index (χ3v) is 3.51. The Kier molecular flexibility index (Phi) is 5.01. The topological polar surface area (TPSA) is 97.4 Å². The van der Waals surface area contributed by atoms with Crippen LogP contribution >= 0.6 is 11.6 Å². The summed E-state index contributed by atoms with van der Waals surface area (Å²) in [5, 5.41) is 11.8. The zero-order valence-electron chi connectivity index (χ0n) is 13.0. The Morgan fingerprint density at radius 1 is 1.43 bits per heavy atom. The molecule has 0 aliphatic carbocycles. The van der Waals surface area contributed by atoms with Crippen LogP contribution in [0.3, 0.4) is 0 Å². The fourth-order valence-electron chi connectivity index (χ4n) is 1.71. The van der Waals surface area contributed by atoms with Gasteiger partial charge in [-0.1, -0.05) is 11.6 Å². The van der Waals surface area contributed by atoms with E-state index < -0.39 is 11.6 Å². The molecular formula is C15H18ClNO6. The largest absolute Gasteiger partial charge is 0.490 e. The number of carbonyl (C=O) groups excluding carboxylic acids is 1. The Hall–Kier alpha value is -1.99. The van der Waals surface area contributed by atoms with Crippen LogP contribution in [0.5, 0.6) is 11.5 Å². The van der Waals surface area contributed by atoms with Crippen LogP contribution in [-0.2, 0) is 9.53 Å². The molecule has 1 aromatic carbocycles. The smallest absolute Gasteiger partial charge is 0.347 e. The normalized spacial score (nSPS) is 16.6. The van der Waals surface area contributed by atoms with Crippen molar-refractivity contribution in [2.24, 2.45) is 0 Å². The van der Waals surface area contributed by atoms with Gasteiger partial charge in [0.25, 0.3) is 5.91 Å². The number of hydrogen-bond acceptors (Lipinski definition) is 5. The molecule has 2 rings (SSSR count). The molecule has 0 bridgehead atoms. The van der Waals surface area contributed by atoms with E-state index in [4.69, 9.17) is 30.9 Å². The van der Waals surface area contributed by atoms with Crippen molar-refractivity contribution in [3.63, 3.8) is 0 Å². The summed E-state index contributed by atoms with van der Waals surface area (Å²) in [6.07, 6.45) is 0.00282. The summed E-state index contributed by atoms with van der Waals surface area (Å²) in [7, 11) is 1.49. The maximum atomic E-state index is 11.9. The van der Waals surface area contributed by atoms with E-state index in [-0.39, 0.29) is 40.7 Å². The highest BCUT2D eigenvalue weighted by Crippen LogP contribution is 2.35. The molecule has 8 heteroatoms. The molecule has 1 aromatic rings. The average Bonchev–Trinajstić information content (AvgIpc) is 3.30.